The van der Waals surface area contributed by atoms with E-state index in [4.69, 9.17) is 17.2 Å². The minimum Gasteiger partial charge on any atom is -0.480 e. The first-order valence-electron chi connectivity index (χ1n) is 11.6. The molecule has 1 aliphatic heterocycles. The summed E-state index contributed by atoms with van der Waals surface area (Å²) < 4.78 is 0. The van der Waals surface area contributed by atoms with Crippen LogP contribution in [0, 0.1) is 10.1 Å². The van der Waals surface area contributed by atoms with Crippen LogP contribution in [0.1, 0.15) is 31.2 Å². The molecular weight excluding hydrogens is 488 g/mol. The zero-order valence-corrected chi connectivity index (χ0v) is 20.2. The molecule has 1 fully saturated rings. The van der Waals surface area contributed by atoms with E-state index in [1.165, 1.54) is 29.2 Å². The van der Waals surface area contributed by atoms with Gasteiger partial charge in [-0.3, -0.25) is 29.5 Å². The molecule has 0 spiro atoms. The average molecular weight is 521 g/mol. The van der Waals surface area contributed by atoms with Crippen molar-refractivity contribution >= 4 is 35.3 Å². The summed E-state index contributed by atoms with van der Waals surface area (Å²) in [5.74, 6) is -3.15. The summed E-state index contributed by atoms with van der Waals surface area (Å²) >= 11 is 0. The molecule has 0 radical (unpaired) electrons. The molecule has 202 valence electrons. The van der Waals surface area contributed by atoms with Crippen molar-refractivity contribution < 1.29 is 29.2 Å². The van der Waals surface area contributed by atoms with Crippen LogP contribution in [-0.4, -0.2) is 82.3 Å². The van der Waals surface area contributed by atoms with Crippen molar-refractivity contribution in [2.24, 2.45) is 22.2 Å². The van der Waals surface area contributed by atoms with Gasteiger partial charge >= 0.3 is 5.97 Å². The van der Waals surface area contributed by atoms with E-state index in [1.54, 1.807) is 0 Å². The van der Waals surface area contributed by atoms with Crippen LogP contribution < -0.4 is 27.8 Å². The molecular formula is C22H32N8O7. The monoisotopic (exact) mass is 520 g/mol. The van der Waals surface area contributed by atoms with Crippen molar-refractivity contribution in [1.82, 2.24) is 15.5 Å². The van der Waals surface area contributed by atoms with Crippen molar-refractivity contribution in [1.29, 1.82) is 0 Å². The van der Waals surface area contributed by atoms with Crippen molar-refractivity contribution in [2.45, 2.75) is 50.2 Å². The van der Waals surface area contributed by atoms with Crippen molar-refractivity contribution in [2.75, 3.05) is 19.6 Å². The Bertz CT molecular complexity index is 1030. The normalized spacial score (nSPS) is 16.4. The fourth-order valence-electron chi connectivity index (χ4n) is 3.96. The van der Waals surface area contributed by atoms with E-state index < -0.39 is 40.8 Å². The van der Waals surface area contributed by atoms with Crippen LogP contribution in [-0.2, 0) is 25.6 Å². The third kappa shape index (κ3) is 8.71. The number of hydrogen-bond acceptors (Lipinski definition) is 8. The lowest BCUT2D eigenvalue weighted by Gasteiger charge is -2.26. The van der Waals surface area contributed by atoms with Crippen molar-refractivity contribution in [3.63, 3.8) is 0 Å². The van der Waals surface area contributed by atoms with Gasteiger partial charge in [-0.2, -0.15) is 0 Å². The first-order chi connectivity index (χ1) is 17.5. The van der Waals surface area contributed by atoms with E-state index in [2.05, 4.69) is 15.6 Å². The van der Waals surface area contributed by atoms with Crippen molar-refractivity contribution in [3.8, 4) is 0 Å². The molecule has 15 heteroatoms. The molecule has 0 saturated carbocycles. The topological polar surface area (TPSA) is 249 Å². The Balaban J connectivity index is 2.14. The molecule has 2 rings (SSSR count). The number of rotatable bonds is 13. The molecule has 1 saturated heterocycles. The summed E-state index contributed by atoms with van der Waals surface area (Å²) in [5, 5.41) is 25.5. The van der Waals surface area contributed by atoms with E-state index in [-0.39, 0.29) is 43.5 Å². The number of nitrogens with one attached hydrogen (secondary N) is 2. The van der Waals surface area contributed by atoms with Gasteiger partial charge in [-0.25, -0.2) is 4.79 Å². The minimum atomic E-state index is -1.37. The zero-order valence-electron chi connectivity index (χ0n) is 20.2. The van der Waals surface area contributed by atoms with Crippen LogP contribution in [0.25, 0.3) is 0 Å². The number of guanidine groups is 1. The number of amides is 3. The smallest absolute Gasteiger partial charge is 0.326 e. The van der Waals surface area contributed by atoms with Crippen LogP contribution in [0.15, 0.2) is 29.3 Å². The minimum absolute atomic E-state index is 0.0930. The zero-order chi connectivity index (χ0) is 27.5. The lowest BCUT2D eigenvalue weighted by molar-refractivity contribution is -0.384. The second-order valence-corrected chi connectivity index (χ2v) is 8.49. The fraction of sp³-hybridized carbons (Fsp3) is 0.500. The number of nitro benzene ring substituents is 1. The Morgan fingerprint density at radius 3 is 2.41 bits per heavy atom. The number of carbonyl (C=O) groups is 4. The maximum atomic E-state index is 13.1. The van der Waals surface area contributed by atoms with Crippen LogP contribution in [0.2, 0.25) is 0 Å². The van der Waals surface area contributed by atoms with E-state index >= 15 is 0 Å². The molecule has 1 aromatic rings. The molecule has 3 amide bonds. The van der Waals surface area contributed by atoms with Gasteiger partial charge in [0.15, 0.2) is 5.96 Å². The van der Waals surface area contributed by atoms with Gasteiger partial charge in [-0.1, -0.05) is 12.1 Å². The van der Waals surface area contributed by atoms with Gasteiger partial charge in [0.1, 0.15) is 18.1 Å². The quantitative estimate of drug-likeness (QED) is 0.0559. The number of hydrogen-bond donors (Lipinski definition) is 6. The number of aliphatic carboxylic acids is 1. The third-order valence-electron chi connectivity index (χ3n) is 5.83. The summed E-state index contributed by atoms with van der Waals surface area (Å²) in [6.07, 6.45) is 1.25. The summed E-state index contributed by atoms with van der Waals surface area (Å²) in [7, 11) is 0. The first-order valence-corrected chi connectivity index (χ1v) is 11.6. The van der Waals surface area contributed by atoms with Crippen LogP contribution >= 0.6 is 0 Å². The molecule has 1 heterocycles. The second-order valence-electron chi connectivity index (χ2n) is 8.49. The Labute approximate surface area is 212 Å². The lowest BCUT2D eigenvalue weighted by Crippen LogP contribution is -2.56. The van der Waals surface area contributed by atoms with Crippen LogP contribution in [0.5, 0.6) is 0 Å². The number of nitrogens with zero attached hydrogens (tertiary/aromatic N) is 3. The van der Waals surface area contributed by atoms with Gasteiger partial charge in [0.05, 0.1) is 11.5 Å². The highest BCUT2D eigenvalue weighted by Gasteiger charge is 2.35. The van der Waals surface area contributed by atoms with Gasteiger partial charge in [-0.05, 0) is 31.2 Å². The molecule has 3 atom stereocenters. The second kappa shape index (κ2) is 13.7. The maximum absolute atomic E-state index is 13.1. The summed E-state index contributed by atoms with van der Waals surface area (Å²) in [6.45, 7) is 0.287. The Hall–Kier alpha value is -4.27. The number of aliphatic imine (C=N–C) groups is 1. The van der Waals surface area contributed by atoms with Gasteiger partial charge in [-0.15, -0.1) is 0 Å². The van der Waals surface area contributed by atoms with E-state index in [0.717, 1.165) is 0 Å². The van der Waals surface area contributed by atoms with Gasteiger partial charge in [0.2, 0.25) is 17.7 Å². The number of carbonyl (C=O) groups excluding carboxylic acids is 3. The Morgan fingerprint density at radius 1 is 1.16 bits per heavy atom. The largest absolute Gasteiger partial charge is 0.480 e. The Kier molecular flexibility index (Phi) is 10.7. The molecule has 0 unspecified atom stereocenters. The number of non-ortho nitro benzene ring substituents is 1. The number of benzene rings is 1. The molecule has 0 bridgehead atoms. The predicted octanol–water partition coefficient (Wildman–Crippen LogP) is -1.81. The number of nitrogens with two attached hydrogens (primary N) is 3. The summed E-state index contributed by atoms with van der Waals surface area (Å²) in [6, 6.07) is 1.98. The highest BCUT2D eigenvalue weighted by molar-refractivity contribution is 5.94. The fourth-order valence-corrected chi connectivity index (χ4v) is 3.96. The molecule has 1 aliphatic rings. The van der Waals surface area contributed by atoms with Crippen LogP contribution in [0.3, 0.4) is 0 Å². The standard InChI is InChI=1S/C22H32N8O7/c23-12-18(31)29-10-2-4-17(29)20(33)27-15(3-1-9-26-22(24)25)19(32)28-16(21(34)35)11-13-5-7-14(8-6-13)30(36)37/h5-8,15-17H,1-4,9-12,23H2,(H,27,33)(H,28,32)(H,34,35)(H4,24,25,26)/t15-,16-,17-/m0/s1. The van der Waals surface area contributed by atoms with Crippen LogP contribution in [0.4, 0.5) is 5.69 Å². The molecule has 1 aromatic carbocycles. The number of carboxylic acids is 1. The lowest BCUT2D eigenvalue weighted by atomic mass is 10.0. The first kappa shape index (κ1) is 29.0. The molecule has 0 aliphatic carbocycles. The van der Waals surface area contributed by atoms with Gasteiger partial charge in [0, 0.05) is 31.6 Å². The van der Waals surface area contributed by atoms with E-state index in [0.29, 0.717) is 31.4 Å². The number of carboxylic acid groups (broad SMARTS) is 1. The molecule has 9 N–H and O–H groups in total. The number of likely N-dealkylation sites (tertiary alicyclic amines) is 1. The number of nitro groups is 1. The SMILES string of the molecule is NCC(=O)N1CCC[C@H]1C(=O)N[C@@H](CCCN=C(N)N)C(=O)N[C@@H](Cc1ccc([N+](=O)[O-])cc1)C(=O)O. The predicted molar refractivity (Wildman–Crippen MR) is 132 cm³/mol. The molecule has 15 nitrogen and oxygen atoms in total. The van der Waals surface area contributed by atoms with Gasteiger partial charge < -0.3 is 37.8 Å². The Morgan fingerprint density at radius 2 is 1.84 bits per heavy atom. The summed E-state index contributed by atoms with van der Waals surface area (Å²) in [4.78, 5) is 65.4. The average Bonchev–Trinajstić information content (AvgIpc) is 3.35. The van der Waals surface area contributed by atoms with Crippen molar-refractivity contribution in [3.05, 3.63) is 39.9 Å². The summed E-state index contributed by atoms with van der Waals surface area (Å²) in [5.41, 5.74) is 16.4. The van der Waals surface area contributed by atoms with Gasteiger partial charge in [0.25, 0.3) is 5.69 Å². The van der Waals surface area contributed by atoms with E-state index in [1.807, 2.05) is 0 Å². The highest BCUT2D eigenvalue weighted by atomic mass is 16.6. The third-order valence-corrected chi connectivity index (χ3v) is 5.83. The highest BCUT2D eigenvalue weighted by Crippen LogP contribution is 2.18. The molecule has 0 aromatic heterocycles. The molecule has 37 heavy (non-hydrogen) atoms. The maximum Gasteiger partial charge on any atom is 0.326 e. The van der Waals surface area contributed by atoms with E-state index in [9.17, 15) is 34.4 Å².